The summed E-state index contributed by atoms with van der Waals surface area (Å²) >= 11 is 0. The molecule has 0 amide bonds. The van der Waals surface area contributed by atoms with E-state index in [9.17, 15) is 13.2 Å². The van der Waals surface area contributed by atoms with Crippen LogP contribution < -0.4 is 0 Å². The van der Waals surface area contributed by atoms with Gasteiger partial charge in [0.2, 0.25) is 0 Å². The van der Waals surface area contributed by atoms with Crippen LogP contribution in [0.3, 0.4) is 0 Å². The number of benzene rings is 1. The summed E-state index contributed by atoms with van der Waals surface area (Å²) in [6.07, 6.45) is -2.68. The molecule has 1 saturated heterocycles. The average molecular weight is 395 g/mol. The second-order valence-corrected chi connectivity index (χ2v) is 7.07. The molecule has 150 valence electrons. The number of methoxy groups -OCH3 is 1. The summed E-state index contributed by atoms with van der Waals surface area (Å²) in [4.78, 5) is 6.21. The molecule has 0 atom stereocenters. The highest BCUT2D eigenvalue weighted by molar-refractivity contribution is 5.78. The molecule has 4 rings (SSSR count). The number of nitrogens with zero attached hydrogens (tertiary/aromatic N) is 4. The van der Waals surface area contributed by atoms with Gasteiger partial charge in [-0.25, -0.2) is 0 Å². The smallest absolute Gasteiger partial charge is 0.368 e. The minimum Gasteiger partial charge on any atom is -0.368 e. The third-order valence-electron chi connectivity index (χ3n) is 5.18. The number of piperidine rings is 1. The molecule has 0 spiro atoms. The molecule has 1 aliphatic rings. The van der Waals surface area contributed by atoms with Crippen LogP contribution in [0.2, 0.25) is 0 Å². The quantitative estimate of drug-likeness (QED) is 0.715. The third-order valence-corrected chi connectivity index (χ3v) is 5.18. The molecule has 10 heteroatoms. The van der Waals surface area contributed by atoms with E-state index in [0.29, 0.717) is 25.9 Å². The van der Waals surface area contributed by atoms with Gasteiger partial charge in [-0.05, 0) is 24.5 Å². The molecule has 7 nitrogen and oxygen atoms in total. The van der Waals surface area contributed by atoms with E-state index in [1.807, 2.05) is 6.07 Å². The van der Waals surface area contributed by atoms with E-state index in [2.05, 4.69) is 37.4 Å². The Bertz CT molecular complexity index is 944. The zero-order chi connectivity index (χ0) is 19.8. The highest BCUT2D eigenvalue weighted by Gasteiger charge is 2.42. The number of likely N-dealkylation sites (tertiary alicyclic amines) is 1. The number of aromatic nitrogens is 4. The van der Waals surface area contributed by atoms with Crippen molar-refractivity contribution in [3.8, 4) is 0 Å². The normalized spacial score (nSPS) is 18.0. The fraction of sp³-hybridized carbons (Fsp3) is 0.500. The lowest BCUT2D eigenvalue weighted by Crippen LogP contribution is -2.43. The molecule has 0 unspecified atom stereocenters. The van der Waals surface area contributed by atoms with Crippen molar-refractivity contribution in [3.05, 3.63) is 41.7 Å². The van der Waals surface area contributed by atoms with Crippen LogP contribution in [0.5, 0.6) is 0 Å². The second kappa shape index (κ2) is 7.17. The van der Waals surface area contributed by atoms with Crippen LogP contribution >= 0.6 is 0 Å². The van der Waals surface area contributed by atoms with Crippen molar-refractivity contribution in [1.29, 1.82) is 0 Å². The van der Waals surface area contributed by atoms with Gasteiger partial charge in [0.05, 0.1) is 11.7 Å². The Labute approximate surface area is 158 Å². The van der Waals surface area contributed by atoms with Gasteiger partial charge in [0.25, 0.3) is 5.89 Å². The van der Waals surface area contributed by atoms with Gasteiger partial charge in [-0.2, -0.15) is 23.3 Å². The lowest BCUT2D eigenvalue weighted by Gasteiger charge is -2.38. The molecule has 1 N–H and O–H groups in total. The van der Waals surface area contributed by atoms with Crippen molar-refractivity contribution in [2.75, 3.05) is 20.2 Å². The summed E-state index contributed by atoms with van der Waals surface area (Å²) in [5.41, 5.74) is 1.30. The fourth-order valence-electron chi connectivity index (χ4n) is 3.61. The van der Waals surface area contributed by atoms with Crippen LogP contribution in [0, 0.1) is 0 Å². The van der Waals surface area contributed by atoms with Crippen LogP contribution in [0.25, 0.3) is 10.9 Å². The van der Waals surface area contributed by atoms with Crippen molar-refractivity contribution in [2.45, 2.75) is 37.6 Å². The number of alkyl halides is 3. The maximum absolute atomic E-state index is 12.5. The maximum Gasteiger partial charge on any atom is 0.396 e. The Hall–Kier alpha value is -2.46. The molecule has 0 bridgehead atoms. The number of rotatable bonds is 5. The van der Waals surface area contributed by atoms with Crippen LogP contribution in [0.15, 0.2) is 28.9 Å². The van der Waals surface area contributed by atoms with Crippen LogP contribution in [0.1, 0.15) is 30.1 Å². The predicted molar refractivity (Wildman–Crippen MR) is 93.3 cm³/mol. The summed E-state index contributed by atoms with van der Waals surface area (Å²) in [6.45, 7) is 2.16. The molecule has 0 radical (unpaired) electrons. The van der Waals surface area contributed by atoms with Crippen LogP contribution in [-0.4, -0.2) is 51.6 Å². The number of hydrogen-bond acceptors (Lipinski definition) is 6. The van der Waals surface area contributed by atoms with E-state index < -0.39 is 18.2 Å². The first-order valence-electron chi connectivity index (χ1n) is 8.96. The van der Waals surface area contributed by atoms with E-state index in [-0.39, 0.29) is 11.7 Å². The van der Waals surface area contributed by atoms with Gasteiger partial charge in [-0.3, -0.25) is 10.00 Å². The molecule has 28 heavy (non-hydrogen) atoms. The van der Waals surface area contributed by atoms with Crippen molar-refractivity contribution < 1.29 is 22.4 Å². The Morgan fingerprint density at radius 1 is 1.29 bits per heavy atom. The molecule has 2 aromatic heterocycles. The molecule has 0 aliphatic carbocycles. The van der Waals surface area contributed by atoms with Crippen molar-refractivity contribution in [2.24, 2.45) is 0 Å². The topological polar surface area (TPSA) is 80.1 Å². The Balaban J connectivity index is 1.42. The number of aromatic amines is 1. The Morgan fingerprint density at radius 3 is 2.79 bits per heavy atom. The van der Waals surface area contributed by atoms with Gasteiger partial charge >= 0.3 is 6.18 Å². The highest BCUT2D eigenvalue weighted by atomic mass is 19.4. The Morgan fingerprint density at radius 2 is 2.07 bits per heavy atom. The minimum absolute atomic E-state index is 0.118. The number of halogens is 3. The molecular formula is C18H20F3N5O2. The van der Waals surface area contributed by atoms with Gasteiger partial charge in [0, 0.05) is 32.1 Å². The molecule has 3 heterocycles. The Kier molecular flexibility index (Phi) is 4.84. The summed E-state index contributed by atoms with van der Waals surface area (Å²) in [5, 5.41) is 11.5. The summed E-state index contributed by atoms with van der Waals surface area (Å²) in [6, 6.07) is 6.16. The van der Waals surface area contributed by atoms with Crippen molar-refractivity contribution >= 4 is 10.9 Å². The zero-order valence-corrected chi connectivity index (χ0v) is 15.3. The molecule has 1 fully saturated rings. The first-order chi connectivity index (χ1) is 13.4. The fourth-order valence-corrected chi connectivity index (χ4v) is 3.61. The van der Waals surface area contributed by atoms with Gasteiger partial charge in [-0.1, -0.05) is 17.3 Å². The first-order valence-corrected chi connectivity index (χ1v) is 8.96. The SMILES string of the molecule is COC1(c2nc(CC(F)(F)F)no2)CCN(Cc2ccc3cn[nH]c3c2)CC1. The van der Waals surface area contributed by atoms with Gasteiger partial charge < -0.3 is 9.26 Å². The number of fused-ring (bicyclic) bond motifs is 1. The van der Waals surface area contributed by atoms with E-state index in [0.717, 1.165) is 23.0 Å². The number of nitrogens with one attached hydrogen (secondary N) is 1. The second-order valence-electron chi connectivity index (χ2n) is 7.07. The van der Waals surface area contributed by atoms with E-state index in [4.69, 9.17) is 9.26 Å². The van der Waals surface area contributed by atoms with Gasteiger partial charge in [-0.15, -0.1) is 0 Å². The molecule has 0 saturated carbocycles. The molecular weight excluding hydrogens is 375 g/mol. The van der Waals surface area contributed by atoms with Gasteiger partial charge in [0.1, 0.15) is 12.0 Å². The van der Waals surface area contributed by atoms with Crippen molar-refractivity contribution in [1.82, 2.24) is 25.2 Å². The largest absolute Gasteiger partial charge is 0.396 e. The van der Waals surface area contributed by atoms with E-state index in [1.165, 1.54) is 7.11 Å². The summed E-state index contributed by atoms with van der Waals surface area (Å²) in [5.74, 6) is -0.248. The summed E-state index contributed by atoms with van der Waals surface area (Å²) in [7, 11) is 1.52. The number of hydrogen-bond donors (Lipinski definition) is 1. The highest BCUT2D eigenvalue weighted by Crippen LogP contribution is 2.36. The lowest BCUT2D eigenvalue weighted by molar-refractivity contribution is -0.128. The monoisotopic (exact) mass is 395 g/mol. The average Bonchev–Trinajstić information content (AvgIpc) is 3.30. The number of H-pyrrole nitrogens is 1. The van der Waals surface area contributed by atoms with Crippen LogP contribution in [0.4, 0.5) is 13.2 Å². The molecule has 1 aliphatic heterocycles. The van der Waals surface area contributed by atoms with Crippen molar-refractivity contribution in [3.63, 3.8) is 0 Å². The zero-order valence-electron chi connectivity index (χ0n) is 15.3. The predicted octanol–water partition coefficient (Wildman–Crippen LogP) is 3.19. The number of ether oxygens (including phenoxy) is 1. The molecule has 1 aromatic carbocycles. The van der Waals surface area contributed by atoms with Crippen LogP contribution in [-0.2, 0) is 23.3 Å². The van der Waals surface area contributed by atoms with E-state index >= 15 is 0 Å². The molecule has 3 aromatic rings. The first kappa shape index (κ1) is 18.9. The third kappa shape index (κ3) is 3.88. The summed E-state index contributed by atoms with van der Waals surface area (Å²) < 4.78 is 48.4. The maximum atomic E-state index is 12.5. The lowest BCUT2D eigenvalue weighted by atomic mass is 9.90. The van der Waals surface area contributed by atoms with E-state index in [1.54, 1.807) is 6.20 Å². The minimum atomic E-state index is -4.37. The standard InChI is InChI=1S/C18H20F3N5O2/c1-27-17(16-23-15(25-28-16)9-18(19,20)21)4-6-26(7-5-17)11-12-2-3-13-10-22-24-14(13)8-12/h2-3,8,10H,4-7,9,11H2,1H3,(H,22,24). The van der Waals surface area contributed by atoms with Gasteiger partial charge in [0.15, 0.2) is 5.82 Å².